The van der Waals surface area contributed by atoms with Crippen LogP contribution >= 0.6 is 15.9 Å². The van der Waals surface area contributed by atoms with Crippen LogP contribution in [-0.2, 0) is 6.18 Å². The predicted octanol–water partition coefficient (Wildman–Crippen LogP) is 4.87. The van der Waals surface area contributed by atoms with Gasteiger partial charge in [-0.1, -0.05) is 28.1 Å². The molecule has 2 aromatic rings. The highest BCUT2D eigenvalue weighted by molar-refractivity contribution is 9.10. The van der Waals surface area contributed by atoms with Crippen molar-refractivity contribution in [3.8, 4) is 0 Å². The molecule has 0 aliphatic carbocycles. The normalized spacial score (nSPS) is 12.5. The molecule has 1 N–H and O–H groups in total. The number of carbonyl (C=O) groups excluding carboxylic acids is 1. The van der Waals surface area contributed by atoms with Gasteiger partial charge in [-0.15, -0.1) is 0 Å². The van der Waals surface area contributed by atoms with E-state index in [1.807, 2.05) is 0 Å². The predicted molar refractivity (Wildman–Crippen MR) is 88.1 cm³/mol. The highest BCUT2D eigenvalue weighted by atomic mass is 79.9. The minimum absolute atomic E-state index is 0.174. The number of nitrogens with zero attached hydrogens (tertiary/aromatic N) is 1. The molecule has 0 radical (unpaired) electrons. The SMILES string of the molecule is CC(NC(=O)c1ccc(Br)cc1[N+](=O)[O-])c1cccc(C(F)(F)F)c1. The molecule has 25 heavy (non-hydrogen) atoms. The van der Waals surface area contributed by atoms with E-state index in [1.54, 1.807) is 0 Å². The first-order valence-corrected chi connectivity index (χ1v) is 7.81. The average Bonchev–Trinajstić information content (AvgIpc) is 2.53. The number of hydrogen-bond donors (Lipinski definition) is 1. The van der Waals surface area contributed by atoms with E-state index in [1.165, 1.54) is 37.3 Å². The second-order valence-corrected chi connectivity index (χ2v) is 6.15. The van der Waals surface area contributed by atoms with Gasteiger partial charge in [-0.2, -0.15) is 13.2 Å². The standard InChI is InChI=1S/C16H12BrF3N2O3/c1-9(10-3-2-4-11(7-10)16(18,19)20)21-15(23)13-6-5-12(17)8-14(13)22(24)25/h2-9H,1H3,(H,21,23). The van der Waals surface area contributed by atoms with Gasteiger partial charge in [0.25, 0.3) is 11.6 Å². The Bertz CT molecular complexity index is 825. The van der Waals surface area contributed by atoms with Crippen molar-refractivity contribution in [2.45, 2.75) is 19.1 Å². The maximum atomic E-state index is 12.8. The first-order valence-electron chi connectivity index (χ1n) is 7.01. The van der Waals surface area contributed by atoms with Crippen LogP contribution in [0.5, 0.6) is 0 Å². The van der Waals surface area contributed by atoms with Crippen LogP contribution in [0.1, 0.15) is 34.5 Å². The summed E-state index contributed by atoms with van der Waals surface area (Å²) in [5.41, 5.74) is -1.17. The Kier molecular flexibility index (Phi) is 5.46. The van der Waals surface area contributed by atoms with Crippen LogP contribution in [0.2, 0.25) is 0 Å². The molecule has 5 nitrogen and oxygen atoms in total. The molecule has 2 aromatic carbocycles. The fourth-order valence-corrected chi connectivity index (χ4v) is 2.54. The summed E-state index contributed by atoms with van der Waals surface area (Å²) < 4.78 is 38.7. The summed E-state index contributed by atoms with van der Waals surface area (Å²) in [6.07, 6.45) is -4.50. The molecular weight excluding hydrogens is 405 g/mol. The Hall–Kier alpha value is -2.42. The molecule has 1 amide bonds. The van der Waals surface area contributed by atoms with Crippen molar-refractivity contribution in [1.82, 2.24) is 5.32 Å². The summed E-state index contributed by atoms with van der Waals surface area (Å²) >= 11 is 3.09. The van der Waals surface area contributed by atoms with E-state index in [0.29, 0.717) is 4.47 Å². The number of carbonyl (C=O) groups is 1. The lowest BCUT2D eigenvalue weighted by Gasteiger charge is -2.16. The van der Waals surface area contributed by atoms with Gasteiger partial charge in [-0.05, 0) is 36.8 Å². The van der Waals surface area contributed by atoms with Gasteiger partial charge in [0.2, 0.25) is 0 Å². The second kappa shape index (κ2) is 7.22. The molecule has 9 heteroatoms. The monoisotopic (exact) mass is 416 g/mol. The molecule has 0 fully saturated rings. The first-order chi connectivity index (χ1) is 11.6. The summed E-state index contributed by atoms with van der Waals surface area (Å²) in [4.78, 5) is 22.7. The summed E-state index contributed by atoms with van der Waals surface area (Å²) in [7, 11) is 0. The Morgan fingerprint density at radius 2 is 1.92 bits per heavy atom. The third-order valence-corrected chi connectivity index (χ3v) is 3.96. The van der Waals surface area contributed by atoms with Crippen LogP contribution in [0.15, 0.2) is 46.9 Å². The molecule has 1 atom stereocenters. The number of hydrogen-bond acceptors (Lipinski definition) is 3. The van der Waals surface area contributed by atoms with Crippen molar-refractivity contribution in [1.29, 1.82) is 0 Å². The molecule has 0 saturated carbocycles. The molecular formula is C16H12BrF3N2O3. The topological polar surface area (TPSA) is 72.2 Å². The number of nitro benzene ring substituents is 1. The largest absolute Gasteiger partial charge is 0.416 e. The highest BCUT2D eigenvalue weighted by Crippen LogP contribution is 2.31. The smallest absolute Gasteiger partial charge is 0.345 e. The molecule has 0 aliphatic rings. The molecule has 0 spiro atoms. The van der Waals surface area contributed by atoms with Crippen molar-refractivity contribution < 1.29 is 22.9 Å². The number of alkyl halides is 3. The summed E-state index contributed by atoms with van der Waals surface area (Å²) in [6, 6.07) is 7.70. The van der Waals surface area contributed by atoms with E-state index < -0.39 is 34.3 Å². The van der Waals surface area contributed by atoms with E-state index in [4.69, 9.17) is 0 Å². The number of amides is 1. The van der Waals surface area contributed by atoms with Gasteiger partial charge in [0.05, 0.1) is 16.5 Å². The molecule has 0 bridgehead atoms. The van der Waals surface area contributed by atoms with Crippen LogP contribution in [0.3, 0.4) is 0 Å². The highest BCUT2D eigenvalue weighted by Gasteiger charge is 2.31. The van der Waals surface area contributed by atoms with Crippen molar-refractivity contribution in [3.05, 3.63) is 73.7 Å². The molecule has 0 aliphatic heterocycles. The molecule has 1 unspecified atom stereocenters. The van der Waals surface area contributed by atoms with Crippen molar-refractivity contribution in [3.63, 3.8) is 0 Å². The lowest BCUT2D eigenvalue weighted by Crippen LogP contribution is -2.27. The zero-order valence-electron chi connectivity index (χ0n) is 12.8. The fourth-order valence-electron chi connectivity index (χ4n) is 2.19. The van der Waals surface area contributed by atoms with Crippen molar-refractivity contribution >= 4 is 27.5 Å². The zero-order valence-corrected chi connectivity index (χ0v) is 14.4. The maximum absolute atomic E-state index is 12.8. The van der Waals surface area contributed by atoms with Crippen molar-refractivity contribution in [2.24, 2.45) is 0 Å². The van der Waals surface area contributed by atoms with Gasteiger partial charge in [0, 0.05) is 10.5 Å². The molecule has 0 aromatic heterocycles. The fraction of sp³-hybridized carbons (Fsp3) is 0.188. The molecule has 132 valence electrons. The van der Waals surface area contributed by atoms with Crippen LogP contribution < -0.4 is 5.32 Å². The van der Waals surface area contributed by atoms with E-state index in [9.17, 15) is 28.1 Å². The van der Waals surface area contributed by atoms with Gasteiger partial charge in [-0.25, -0.2) is 0 Å². The third-order valence-electron chi connectivity index (χ3n) is 3.46. The van der Waals surface area contributed by atoms with Crippen LogP contribution in [0.25, 0.3) is 0 Å². The quantitative estimate of drug-likeness (QED) is 0.570. The summed E-state index contributed by atoms with van der Waals surface area (Å²) in [5.74, 6) is -0.746. The Balaban J connectivity index is 2.26. The van der Waals surface area contributed by atoms with Gasteiger partial charge in [-0.3, -0.25) is 14.9 Å². The van der Waals surface area contributed by atoms with Gasteiger partial charge >= 0.3 is 6.18 Å². The van der Waals surface area contributed by atoms with E-state index >= 15 is 0 Å². The van der Waals surface area contributed by atoms with Crippen LogP contribution in [-0.4, -0.2) is 10.8 Å². The molecule has 2 rings (SSSR count). The third kappa shape index (κ3) is 4.56. The second-order valence-electron chi connectivity index (χ2n) is 5.24. The number of nitrogens with one attached hydrogen (secondary N) is 1. The Labute approximate surface area is 149 Å². The minimum atomic E-state index is -4.50. The Morgan fingerprint density at radius 1 is 1.24 bits per heavy atom. The van der Waals surface area contributed by atoms with E-state index in [-0.39, 0.29) is 11.1 Å². The van der Waals surface area contributed by atoms with Gasteiger partial charge in [0.1, 0.15) is 5.56 Å². The summed E-state index contributed by atoms with van der Waals surface area (Å²) in [6.45, 7) is 1.50. The maximum Gasteiger partial charge on any atom is 0.416 e. The Morgan fingerprint density at radius 3 is 2.52 bits per heavy atom. The zero-order chi connectivity index (χ0) is 18.8. The molecule has 0 saturated heterocycles. The number of rotatable bonds is 4. The lowest BCUT2D eigenvalue weighted by molar-refractivity contribution is -0.385. The first kappa shape index (κ1) is 18.9. The van der Waals surface area contributed by atoms with Crippen LogP contribution in [0, 0.1) is 10.1 Å². The number of benzene rings is 2. The van der Waals surface area contributed by atoms with Gasteiger partial charge in [0.15, 0.2) is 0 Å². The number of nitro groups is 1. The van der Waals surface area contributed by atoms with Crippen LogP contribution in [0.4, 0.5) is 18.9 Å². The molecule has 0 heterocycles. The van der Waals surface area contributed by atoms with E-state index in [0.717, 1.165) is 12.1 Å². The summed E-state index contributed by atoms with van der Waals surface area (Å²) in [5, 5.41) is 13.5. The lowest BCUT2D eigenvalue weighted by atomic mass is 10.0. The minimum Gasteiger partial charge on any atom is -0.345 e. The van der Waals surface area contributed by atoms with E-state index in [2.05, 4.69) is 21.2 Å². The number of halogens is 4. The van der Waals surface area contributed by atoms with Gasteiger partial charge < -0.3 is 5.32 Å². The average molecular weight is 417 g/mol. The van der Waals surface area contributed by atoms with Crippen molar-refractivity contribution in [2.75, 3.05) is 0 Å².